The Hall–Kier alpha value is -1.49. The molecule has 0 amide bonds. The minimum Gasteiger partial charge on any atom is -0.368 e. The predicted molar refractivity (Wildman–Crippen MR) is 83.4 cm³/mol. The normalized spacial score (nSPS) is 10.7. The Labute approximate surface area is 126 Å². The monoisotopic (exact) mass is 337 g/mol. The molecule has 0 aliphatic rings. The van der Waals surface area contributed by atoms with Gasteiger partial charge in [0.15, 0.2) is 5.82 Å². The van der Waals surface area contributed by atoms with E-state index in [1.807, 2.05) is 13.8 Å². The molecule has 2 rings (SSSR count). The highest BCUT2D eigenvalue weighted by Crippen LogP contribution is 2.29. The van der Waals surface area contributed by atoms with E-state index in [1.54, 1.807) is 12.1 Å². The van der Waals surface area contributed by atoms with Gasteiger partial charge in [0.2, 0.25) is 0 Å². The van der Waals surface area contributed by atoms with Gasteiger partial charge < -0.3 is 5.32 Å². The Bertz CT molecular complexity index is 629. The van der Waals surface area contributed by atoms with Gasteiger partial charge in [0, 0.05) is 16.6 Å². The highest BCUT2D eigenvalue weighted by atomic mass is 79.9. The van der Waals surface area contributed by atoms with Crippen molar-refractivity contribution in [2.75, 3.05) is 11.9 Å². The van der Waals surface area contributed by atoms with Gasteiger partial charge in [0.1, 0.15) is 5.82 Å². The third-order valence-electron chi connectivity index (χ3n) is 3.25. The van der Waals surface area contributed by atoms with Crippen LogP contribution in [0.3, 0.4) is 0 Å². The van der Waals surface area contributed by atoms with Crippen LogP contribution in [0.2, 0.25) is 0 Å². The number of hydrogen-bond acceptors (Lipinski definition) is 3. The molecule has 2 aromatic rings. The number of nitrogens with one attached hydrogen (secondary N) is 1. The Kier molecular flexibility index (Phi) is 4.70. The molecule has 0 spiro atoms. The van der Waals surface area contributed by atoms with Gasteiger partial charge in [-0.1, -0.05) is 22.9 Å². The highest BCUT2D eigenvalue weighted by molar-refractivity contribution is 9.10. The zero-order chi connectivity index (χ0) is 14.7. The van der Waals surface area contributed by atoms with Crippen LogP contribution >= 0.6 is 15.9 Å². The van der Waals surface area contributed by atoms with Crippen LogP contribution in [0.15, 0.2) is 22.7 Å². The van der Waals surface area contributed by atoms with Gasteiger partial charge in [-0.25, -0.2) is 4.39 Å². The standard InChI is InChI=1S/C15H17BrFN3/c1-4-7-18-15-10(3)9(2)14(19-20-15)12-8-11(16)5-6-13(12)17/h5-6,8H,4,7H2,1-3H3,(H,18,20). The summed E-state index contributed by atoms with van der Waals surface area (Å²) in [5.41, 5.74) is 3.00. The van der Waals surface area contributed by atoms with Gasteiger partial charge in [-0.15, -0.1) is 10.2 Å². The Morgan fingerprint density at radius 1 is 1.20 bits per heavy atom. The molecule has 0 aliphatic heterocycles. The quantitative estimate of drug-likeness (QED) is 0.893. The van der Waals surface area contributed by atoms with Crippen molar-refractivity contribution < 1.29 is 4.39 Å². The lowest BCUT2D eigenvalue weighted by Crippen LogP contribution is -2.07. The largest absolute Gasteiger partial charge is 0.368 e. The molecule has 0 unspecified atom stereocenters. The molecule has 1 aromatic carbocycles. The number of hydrogen-bond donors (Lipinski definition) is 1. The molecule has 0 saturated heterocycles. The summed E-state index contributed by atoms with van der Waals surface area (Å²) in [6.07, 6.45) is 1.02. The first-order valence-corrected chi connectivity index (χ1v) is 7.37. The van der Waals surface area contributed by atoms with E-state index < -0.39 is 0 Å². The smallest absolute Gasteiger partial charge is 0.151 e. The Morgan fingerprint density at radius 3 is 2.65 bits per heavy atom. The summed E-state index contributed by atoms with van der Waals surface area (Å²) in [6.45, 7) is 6.85. The van der Waals surface area contributed by atoms with Gasteiger partial charge in [0.25, 0.3) is 0 Å². The van der Waals surface area contributed by atoms with E-state index in [0.29, 0.717) is 11.3 Å². The van der Waals surface area contributed by atoms with Crippen LogP contribution < -0.4 is 5.32 Å². The molecular weight excluding hydrogens is 321 g/mol. The fraction of sp³-hybridized carbons (Fsp3) is 0.333. The predicted octanol–water partition coefficient (Wildman–Crippen LogP) is 4.48. The summed E-state index contributed by atoms with van der Waals surface area (Å²) in [7, 11) is 0. The van der Waals surface area contributed by atoms with Crippen molar-refractivity contribution in [2.24, 2.45) is 0 Å². The van der Waals surface area contributed by atoms with Crippen LogP contribution in [-0.4, -0.2) is 16.7 Å². The summed E-state index contributed by atoms with van der Waals surface area (Å²) < 4.78 is 14.8. The number of benzene rings is 1. The van der Waals surface area contributed by atoms with Crippen LogP contribution in [0.4, 0.5) is 10.2 Å². The zero-order valence-electron chi connectivity index (χ0n) is 11.8. The number of nitrogens with zero attached hydrogens (tertiary/aromatic N) is 2. The molecule has 0 atom stereocenters. The zero-order valence-corrected chi connectivity index (χ0v) is 13.4. The number of halogens is 2. The molecule has 0 aliphatic carbocycles. The van der Waals surface area contributed by atoms with Crippen molar-refractivity contribution in [3.05, 3.63) is 39.6 Å². The van der Waals surface area contributed by atoms with Gasteiger partial charge in [-0.05, 0) is 49.6 Å². The van der Waals surface area contributed by atoms with Gasteiger partial charge in [-0.2, -0.15) is 0 Å². The van der Waals surface area contributed by atoms with Gasteiger partial charge in [0.05, 0.1) is 5.69 Å². The highest BCUT2D eigenvalue weighted by Gasteiger charge is 2.14. The number of rotatable bonds is 4. The molecule has 0 saturated carbocycles. The molecule has 0 radical (unpaired) electrons. The summed E-state index contributed by atoms with van der Waals surface area (Å²) in [6, 6.07) is 4.83. The van der Waals surface area contributed by atoms with Crippen LogP contribution in [0.5, 0.6) is 0 Å². The minimum absolute atomic E-state index is 0.292. The molecule has 3 nitrogen and oxygen atoms in total. The first-order chi connectivity index (χ1) is 9.54. The second-order valence-electron chi connectivity index (χ2n) is 4.70. The van der Waals surface area contributed by atoms with Crippen molar-refractivity contribution in [1.82, 2.24) is 10.2 Å². The lowest BCUT2D eigenvalue weighted by Gasteiger charge is -2.13. The first-order valence-electron chi connectivity index (χ1n) is 6.57. The number of aromatic nitrogens is 2. The average molecular weight is 338 g/mol. The van der Waals surface area contributed by atoms with Crippen LogP contribution in [0.25, 0.3) is 11.3 Å². The minimum atomic E-state index is -0.292. The Balaban J connectivity index is 2.48. The van der Waals surface area contributed by atoms with Crippen molar-refractivity contribution >= 4 is 21.7 Å². The third-order valence-corrected chi connectivity index (χ3v) is 3.74. The van der Waals surface area contributed by atoms with Gasteiger partial charge in [-0.3, -0.25) is 0 Å². The summed E-state index contributed by atoms with van der Waals surface area (Å²) in [4.78, 5) is 0. The maximum atomic E-state index is 14.0. The second kappa shape index (κ2) is 6.31. The lowest BCUT2D eigenvalue weighted by molar-refractivity contribution is 0.630. The van der Waals surface area contributed by atoms with Gasteiger partial charge >= 0.3 is 0 Å². The molecule has 0 fully saturated rings. The van der Waals surface area contributed by atoms with Crippen molar-refractivity contribution in [1.29, 1.82) is 0 Å². The van der Waals surface area contributed by atoms with E-state index in [2.05, 4.69) is 38.4 Å². The fourth-order valence-corrected chi connectivity index (χ4v) is 2.31. The molecule has 106 valence electrons. The van der Waals surface area contributed by atoms with E-state index in [-0.39, 0.29) is 5.82 Å². The first kappa shape index (κ1) is 14.9. The molecule has 0 bridgehead atoms. The molecular formula is C15H17BrFN3. The van der Waals surface area contributed by atoms with Crippen LogP contribution in [0.1, 0.15) is 24.5 Å². The lowest BCUT2D eigenvalue weighted by atomic mass is 10.0. The second-order valence-corrected chi connectivity index (χ2v) is 5.61. The van der Waals surface area contributed by atoms with E-state index >= 15 is 0 Å². The maximum absolute atomic E-state index is 14.0. The van der Waals surface area contributed by atoms with Crippen molar-refractivity contribution in [3.63, 3.8) is 0 Å². The molecule has 1 N–H and O–H groups in total. The molecule has 1 aromatic heterocycles. The van der Waals surface area contributed by atoms with E-state index in [4.69, 9.17) is 0 Å². The summed E-state index contributed by atoms with van der Waals surface area (Å²) in [5.74, 6) is 0.475. The third kappa shape index (κ3) is 2.98. The summed E-state index contributed by atoms with van der Waals surface area (Å²) in [5, 5.41) is 11.6. The van der Waals surface area contributed by atoms with Crippen LogP contribution in [0, 0.1) is 19.7 Å². The molecule has 20 heavy (non-hydrogen) atoms. The molecule has 1 heterocycles. The van der Waals surface area contributed by atoms with Crippen LogP contribution in [-0.2, 0) is 0 Å². The maximum Gasteiger partial charge on any atom is 0.151 e. The molecule has 5 heteroatoms. The average Bonchev–Trinajstić information content (AvgIpc) is 2.43. The fourth-order valence-electron chi connectivity index (χ4n) is 1.95. The van der Waals surface area contributed by atoms with Crippen molar-refractivity contribution in [2.45, 2.75) is 27.2 Å². The van der Waals surface area contributed by atoms with Crippen molar-refractivity contribution in [3.8, 4) is 11.3 Å². The van der Waals surface area contributed by atoms with E-state index in [1.165, 1.54) is 6.07 Å². The SMILES string of the molecule is CCCNc1nnc(-c2cc(Br)ccc2F)c(C)c1C. The van der Waals surface area contributed by atoms with E-state index in [0.717, 1.165) is 34.4 Å². The van der Waals surface area contributed by atoms with E-state index in [9.17, 15) is 4.39 Å². The Morgan fingerprint density at radius 2 is 1.95 bits per heavy atom. The summed E-state index contributed by atoms with van der Waals surface area (Å²) >= 11 is 3.36. The number of anilines is 1. The topological polar surface area (TPSA) is 37.8 Å².